The van der Waals surface area contributed by atoms with Gasteiger partial charge in [-0.05, 0) is 51.5 Å². The van der Waals surface area contributed by atoms with Gasteiger partial charge in [-0.3, -0.25) is 9.59 Å². The number of aliphatic hydroxyl groups excluding tert-OH is 1. The van der Waals surface area contributed by atoms with Crippen LogP contribution in [0.5, 0.6) is 0 Å². The first kappa shape index (κ1) is 36.0. The van der Waals surface area contributed by atoms with Crippen molar-refractivity contribution in [2.45, 2.75) is 89.8 Å². The number of carboxylic acids is 1. The van der Waals surface area contributed by atoms with Crippen LogP contribution in [0.2, 0.25) is 0 Å². The van der Waals surface area contributed by atoms with Gasteiger partial charge in [0.1, 0.15) is 17.7 Å². The van der Waals surface area contributed by atoms with E-state index in [1.165, 1.54) is 16.7 Å². The first-order valence-corrected chi connectivity index (χ1v) is 16.4. The first-order valence-electron chi connectivity index (χ1n) is 15.2. The van der Waals surface area contributed by atoms with E-state index in [1.807, 2.05) is 13.8 Å². The van der Waals surface area contributed by atoms with E-state index in [2.05, 4.69) is 10.6 Å². The number of hydrogen-bond donors (Lipinski definition) is 4. The maximum Gasteiger partial charge on any atom is 0.410 e. The molecule has 45 heavy (non-hydrogen) atoms. The number of carbonyl (C=O) groups excluding carboxylic acids is 4. The van der Waals surface area contributed by atoms with E-state index < -0.39 is 59.7 Å². The molecule has 1 aromatic rings. The fraction of sp³-hybridized carbons (Fsp3) is 0.645. The fourth-order valence-electron chi connectivity index (χ4n) is 5.29. The lowest BCUT2D eigenvalue weighted by molar-refractivity contribution is -0.149. The molecule has 13 nitrogen and oxygen atoms in total. The highest BCUT2D eigenvalue weighted by Gasteiger charge is 2.41. The average Bonchev–Trinajstić information content (AvgIpc) is 3.48. The molecule has 1 aromatic carbocycles. The van der Waals surface area contributed by atoms with E-state index in [4.69, 9.17) is 4.74 Å². The molecule has 0 radical (unpaired) electrons. The Morgan fingerprint density at radius 2 is 1.69 bits per heavy atom. The van der Waals surface area contributed by atoms with Crippen LogP contribution in [0, 0.1) is 5.92 Å². The molecule has 0 aromatic heterocycles. The summed E-state index contributed by atoms with van der Waals surface area (Å²) < 4.78 is 5.46. The Hall–Kier alpha value is -3.52. The predicted octanol–water partition coefficient (Wildman–Crippen LogP) is 2.13. The number of amides is 5. The molecule has 0 saturated carbocycles. The Kier molecular flexibility index (Phi) is 12.5. The van der Waals surface area contributed by atoms with Crippen molar-refractivity contribution in [1.29, 1.82) is 0 Å². The maximum atomic E-state index is 13.8. The van der Waals surface area contributed by atoms with Crippen molar-refractivity contribution in [3.8, 4) is 0 Å². The van der Waals surface area contributed by atoms with Crippen LogP contribution >= 0.6 is 11.8 Å². The highest BCUT2D eigenvalue weighted by atomic mass is 32.2. The van der Waals surface area contributed by atoms with Crippen molar-refractivity contribution >= 4 is 41.7 Å². The summed E-state index contributed by atoms with van der Waals surface area (Å²) >= 11 is 1.38. The Bertz CT molecular complexity index is 1200. The Morgan fingerprint density at radius 3 is 2.24 bits per heavy atom. The minimum Gasteiger partial charge on any atom is -0.479 e. The van der Waals surface area contributed by atoms with Gasteiger partial charge >= 0.3 is 18.1 Å². The summed E-state index contributed by atoms with van der Waals surface area (Å²) in [5.74, 6) is -2.22. The summed E-state index contributed by atoms with van der Waals surface area (Å²) in [4.78, 5) is 69.1. The molecule has 0 spiro atoms. The van der Waals surface area contributed by atoms with Crippen LogP contribution in [0.3, 0.4) is 0 Å². The third-order valence-corrected chi connectivity index (χ3v) is 8.93. The molecular formula is C31H47N5O8S. The number of nitrogens with zero attached hydrogens (tertiary/aromatic N) is 3. The summed E-state index contributed by atoms with van der Waals surface area (Å²) in [6.07, 6.45) is -1.06. The zero-order chi connectivity index (χ0) is 33.5. The average molecular weight is 650 g/mol. The third-order valence-electron chi connectivity index (χ3n) is 7.92. The lowest BCUT2D eigenvalue weighted by Crippen LogP contribution is -2.60. The van der Waals surface area contributed by atoms with E-state index in [1.54, 1.807) is 68.0 Å². The first-order chi connectivity index (χ1) is 21.1. The summed E-state index contributed by atoms with van der Waals surface area (Å²) in [5, 5.41) is 25.3. The van der Waals surface area contributed by atoms with Gasteiger partial charge in [0.2, 0.25) is 11.8 Å². The zero-order valence-corrected chi connectivity index (χ0v) is 27.7. The monoisotopic (exact) mass is 649 g/mol. The second-order valence-corrected chi connectivity index (χ2v) is 13.9. The minimum atomic E-state index is -1.84. The number of ether oxygens (including phenoxy) is 1. The van der Waals surface area contributed by atoms with Crippen molar-refractivity contribution in [3.63, 3.8) is 0 Å². The van der Waals surface area contributed by atoms with Crippen molar-refractivity contribution in [3.05, 3.63) is 35.9 Å². The second-order valence-electron chi connectivity index (χ2n) is 12.9. The molecule has 0 bridgehead atoms. The van der Waals surface area contributed by atoms with E-state index in [0.29, 0.717) is 25.9 Å². The van der Waals surface area contributed by atoms with Crippen LogP contribution in [0.15, 0.2) is 30.3 Å². The van der Waals surface area contributed by atoms with Crippen LogP contribution in [0.4, 0.5) is 9.59 Å². The molecule has 2 saturated heterocycles. The summed E-state index contributed by atoms with van der Waals surface area (Å²) in [7, 11) is 1.69. The summed E-state index contributed by atoms with van der Waals surface area (Å²) in [6.45, 7) is 9.81. The van der Waals surface area contributed by atoms with Crippen LogP contribution in [-0.4, -0.2) is 122 Å². The predicted molar refractivity (Wildman–Crippen MR) is 169 cm³/mol. The lowest BCUT2D eigenvalue weighted by atomic mass is 10.00. The molecule has 250 valence electrons. The van der Waals surface area contributed by atoms with Crippen LogP contribution in [-0.2, 0) is 25.5 Å². The van der Waals surface area contributed by atoms with Gasteiger partial charge in [0.25, 0.3) is 0 Å². The number of carboxylic acid groups (broad SMARTS) is 1. The molecule has 5 amide bonds. The number of nitrogens with one attached hydrogen (secondary N) is 2. The second kappa shape index (κ2) is 15.7. The van der Waals surface area contributed by atoms with Gasteiger partial charge < -0.3 is 40.3 Å². The van der Waals surface area contributed by atoms with Gasteiger partial charge in [-0.1, -0.05) is 44.2 Å². The van der Waals surface area contributed by atoms with Gasteiger partial charge in [0.15, 0.2) is 6.10 Å². The molecule has 2 heterocycles. The van der Waals surface area contributed by atoms with Gasteiger partial charge in [-0.25, -0.2) is 14.4 Å². The number of hydrogen-bond acceptors (Lipinski definition) is 8. The molecule has 0 aliphatic carbocycles. The number of aliphatic hydroxyl groups is 1. The number of urea groups is 1. The molecule has 2 aliphatic heterocycles. The normalized spacial score (nSPS) is 19.4. The van der Waals surface area contributed by atoms with E-state index in [-0.39, 0.29) is 30.0 Å². The molecule has 1 unspecified atom stereocenters. The number of likely N-dealkylation sites (tertiary alicyclic amines) is 1. The van der Waals surface area contributed by atoms with Crippen molar-refractivity contribution in [2.24, 2.45) is 5.92 Å². The third kappa shape index (κ3) is 9.98. The number of thioether (sulfide) groups is 1. The van der Waals surface area contributed by atoms with E-state index in [0.717, 1.165) is 5.56 Å². The smallest absolute Gasteiger partial charge is 0.410 e. The van der Waals surface area contributed by atoms with Crippen LogP contribution < -0.4 is 10.6 Å². The Labute approximate surface area is 269 Å². The van der Waals surface area contributed by atoms with Gasteiger partial charge in [0.05, 0.1) is 11.9 Å². The summed E-state index contributed by atoms with van der Waals surface area (Å²) in [5.41, 5.74) is 0.126. The number of rotatable bonds is 10. The lowest BCUT2D eigenvalue weighted by Gasteiger charge is -2.38. The highest BCUT2D eigenvalue weighted by molar-refractivity contribution is 7.99. The quantitative estimate of drug-likeness (QED) is 0.297. The van der Waals surface area contributed by atoms with Crippen molar-refractivity contribution < 1.29 is 38.9 Å². The highest BCUT2D eigenvalue weighted by Crippen LogP contribution is 2.25. The Morgan fingerprint density at radius 1 is 1.07 bits per heavy atom. The van der Waals surface area contributed by atoms with Gasteiger partial charge in [-0.2, -0.15) is 0 Å². The van der Waals surface area contributed by atoms with Crippen LogP contribution in [0.1, 0.15) is 53.0 Å². The summed E-state index contributed by atoms with van der Waals surface area (Å²) in [6, 6.07) is 5.50. The molecule has 4 atom stereocenters. The number of piperidine rings is 1. The zero-order valence-electron chi connectivity index (χ0n) is 26.9. The molecule has 2 aliphatic rings. The van der Waals surface area contributed by atoms with E-state index in [9.17, 15) is 34.2 Å². The Balaban J connectivity index is 1.62. The number of carbonyl (C=O) groups is 5. The van der Waals surface area contributed by atoms with E-state index >= 15 is 0 Å². The van der Waals surface area contributed by atoms with Crippen molar-refractivity contribution in [2.75, 3.05) is 31.8 Å². The van der Waals surface area contributed by atoms with Gasteiger partial charge in [-0.15, -0.1) is 11.8 Å². The molecule has 4 N–H and O–H groups in total. The topological polar surface area (TPSA) is 169 Å². The fourth-order valence-corrected chi connectivity index (χ4v) is 6.46. The molecule has 3 rings (SSSR count). The number of aliphatic carboxylic acids is 1. The molecule has 2 fully saturated rings. The maximum absolute atomic E-state index is 13.8. The van der Waals surface area contributed by atoms with Crippen molar-refractivity contribution in [1.82, 2.24) is 25.3 Å². The largest absolute Gasteiger partial charge is 0.479 e. The van der Waals surface area contributed by atoms with Gasteiger partial charge in [0, 0.05) is 31.9 Å². The van der Waals surface area contributed by atoms with Crippen LogP contribution in [0.25, 0.3) is 0 Å². The molecular weight excluding hydrogens is 602 g/mol. The minimum absolute atomic E-state index is 0.0855. The SMILES string of the molecule is CC(C)[C@H](NC(=O)N1CCC(N(C)C(=O)OC(C)(C)C)CC1)C(=O)N1CSC[C@H]1C(=O)N[C@@H](Cc1ccccc1)C(O)C(=O)O. The number of benzene rings is 1. The standard InChI is InChI=1S/C31H47N5O8S/c1-19(2)24(33-29(42)35-14-12-21(13-15-35)34(6)30(43)44-31(3,4)5)27(39)36-18-45-17-23(36)26(38)32-22(25(37)28(40)41)16-20-10-8-7-9-11-20/h7-11,19,21-25,37H,12-18H2,1-6H3,(H,32,38)(H,33,42)(H,40,41)/t22-,23-,24-,25?/m0/s1. The molecule has 14 heteroatoms.